The van der Waals surface area contributed by atoms with Crippen LogP contribution in [0.4, 0.5) is 0 Å². The number of thiol groups is 1. The van der Waals surface area contributed by atoms with E-state index in [-0.39, 0.29) is 0 Å². The van der Waals surface area contributed by atoms with Crippen LogP contribution in [0.5, 0.6) is 0 Å². The van der Waals surface area contributed by atoms with E-state index < -0.39 is 0 Å². The number of hydrogen-bond donors (Lipinski definition) is 1. The maximum atomic E-state index is 4.09. The summed E-state index contributed by atoms with van der Waals surface area (Å²) >= 11 is 9.87. The van der Waals surface area contributed by atoms with Crippen LogP contribution in [0.3, 0.4) is 0 Å². The summed E-state index contributed by atoms with van der Waals surface area (Å²) in [7, 11) is 0. The molecule has 9 heavy (non-hydrogen) atoms. The molecule has 0 radical (unpaired) electrons. The van der Waals surface area contributed by atoms with Crippen LogP contribution in [0, 0.1) is 0 Å². The average molecular weight is 200 g/mol. The summed E-state index contributed by atoms with van der Waals surface area (Å²) in [6.07, 6.45) is 2.15. The summed E-state index contributed by atoms with van der Waals surface area (Å²) in [6.45, 7) is 0. The molecule has 0 atom stereocenters. The molecule has 0 aromatic rings. The monoisotopic (exact) mass is 200 g/mol. The van der Waals surface area contributed by atoms with Crippen molar-refractivity contribution in [3.8, 4) is 0 Å². The Bertz CT molecular complexity index is 42.2. The average Bonchev–Trinajstić information content (AvgIpc) is 1.89. The Labute approximate surface area is 75.7 Å². The van der Waals surface area contributed by atoms with Gasteiger partial charge in [-0.05, 0) is 6.26 Å². The van der Waals surface area contributed by atoms with Gasteiger partial charge < -0.3 is 0 Å². The van der Waals surface area contributed by atoms with E-state index in [4.69, 9.17) is 0 Å². The molecule has 0 aliphatic heterocycles. The van der Waals surface area contributed by atoms with Crippen molar-refractivity contribution in [3.63, 3.8) is 0 Å². The van der Waals surface area contributed by atoms with Gasteiger partial charge in [0.05, 0.1) is 0 Å². The minimum Gasteiger partial charge on any atom is -0.168 e. The third-order valence-corrected chi connectivity index (χ3v) is 4.12. The fourth-order valence-electron chi connectivity index (χ4n) is 0.297. The van der Waals surface area contributed by atoms with Crippen LogP contribution in [0.2, 0.25) is 0 Å². The lowest BCUT2D eigenvalue weighted by molar-refractivity contribution is 1.56. The van der Waals surface area contributed by atoms with Gasteiger partial charge >= 0.3 is 0 Å². The van der Waals surface area contributed by atoms with Crippen LogP contribution in [0.25, 0.3) is 0 Å². The summed E-state index contributed by atoms with van der Waals surface area (Å²) in [6, 6.07) is 0. The normalized spacial score (nSPS) is 10.0. The van der Waals surface area contributed by atoms with Gasteiger partial charge in [-0.1, -0.05) is 0 Å². The Kier molecular flexibility index (Phi) is 10.9. The van der Waals surface area contributed by atoms with Crippen molar-refractivity contribution in [3.05, 3.63) is 0 Å². The molecule has 0 unspecified atom stereocenters. The van der Waals surface area contributed by atoms with E-state index in [1.54, 1.807) is 0 Å². The van der Waals surface area contributed by atoms with E-state index in [0.717, 1.165) is 5.08 Å². The highest BCUT2D eigenvalue weighted by Crippen LogP contribution is 2.13. The van der Waals surface area contributed by atoms with E-state index in [0.29, 0.717) is 0 Å². The molecule has 0 rings (SSSR count). The summed E-state index contributed by atoms with van der Waals surface area (Å²) in [5.41, 5.74) is 0. The van der Waals surface area contributed by atoms with Gasteiger partial charge in [0.15, 0.2) is 0 Å². The third kappa shape index (κ3) is 9.40. The molecule has 0 saturated heterocycles. The molecule has 0 bridgehead atoms. The van der Waals surface area contributed by atoms with Gasteiger partial charge in [0, 0.05) is 21.7 Å². The van der Waals surface area contributed by atoms with Gasteiger partial charge in [0.25, 0.3) is 0 Å². The maximum absolute atomic E-state index is 4.09. The van der Waals surface area contributed by atoms with Crippen molar-refractivity contribution >= 4 is 47.9 Å². The molecule has 0 saturated carbocycles. The minimum absolute atomic E-state index is 0.951. The second-order valence-corrected chi connectivity index (χ2v) is 5.54. The number of hydrogen-bond acceptors (Lipinski definition) is 4. The van der Waals surface area contributed by atoms with E-state index in [9.17, 15) is 0 Å². The van der Waals surface area contributed by atoms with Gasteiger partial charge in [-0.3, -0.25) is 0 Å². The van der Waals surface area contributed by atoms with Crippen molar-refractivity contribution < 1.29 is 0 Å². The fourth-order valence-corrected chi connectivity index (χ4v) is 3.35. The Morgan fingerprint density at radius 1 is 1.22 bits per heavy atom. The molecule has 56 valence electrons. The van der Waals surface area contributed by atoms with Crippen molar-refractivity contribution in [2.75, 3.05) is 27.9 Å². The zero-order chi connectivity index (χ0) is 6.95. The molecular formula is C5H12S4. The highest BCUT2D eigenvalue weighted by molar-refractivity contribution is 8.20. The van der Waals surface area contributed by atoms with E-state index >= 15 is 0 Å². The first-order valence-corrected chi connectivity index (χ1v) is 7.00. The molecule has 0 aromatic carbocycles. The molecule has 0 aromatic heterocycles. The lowest BCUT2D eigenvalue weighted by Crippen LogP contribution is -1.82. The Morgan fingerprint density at radius 3 is 2.56 bits per heavy atom. The Morgan fingerprint density at radius 2 is 2.00 bits per heavy atom. The van der Waals surface area contributed by atoms with E-state index in [1.807, 2.05) is 35.3 Å². The quantitative estimate of drug-likeness (QED) is 0.398. The summed E-state index contributed by atoms with van der Waals surface area (Å²) in [5, 5.41) is 2.15. The van der Waals surface area contributed by atoms with Crippen molar-refractivity contribution in [1.82, 2.24) is 0 Å². The van der Waals surface area contributed by atoms with Gasteiger partial charge in [-0.25, -0.2) is 0 Å². The van der Waals surface area contributed by atoms with Crippen molar-refractivity contribution in [2.45, 2.75) is 0 Å². The predicted octanol–water partition coefficient (Wildman–Crippen LogP) is 2.66. The smallest absolute Gasteiger partial charge is 0.0400 e. The van der Waals surface area contributed by atoms with Crippen LogP contribution in [-0.4, -0.2) is 27.9 Å². The lowest BCUT2D eigenvalue weighted by Gasteiger charge is -1.96. The first-order valence-electron chi connectivity index (χ1n) is 2.67. The zero-order valence-corrected chi connectivity index (χ0v) is 8.84. The van der Waals surface area contributed by atoms with E-state index in [1.165, 1.54) is 16.6 Å². The molecule has 0 nitrogen and oxygen atoms in total. The molecule has 0 fully saturated rings. The lowest BCUT2D eigenvalue weighted by atomic mass is 11.0. The highest BCUT2D eigenvalue weighted by Gasteiger charge is 1.86. The first kappa shape index (κ1) is 10.4. The van der Waals surface area contributed by atoms with Gasteiger partial charge in [-0.2, -0.15) is 36.2 Å². The number of thioether (sulfide) groups is 3. The standard InChI is InChI=1S/C5H12S4/c1-7-2-3-8-5-9-4-6/h6H,2-5H2,1H3. The van der Waals surface area contributed by atoms with Crippen LogP contribution >= 0.6 is 47.9 Å². The second kappa shape index (κ2) is 9.40. The van der Waals surface area contributed by atoms with Crippen LogP contribution in [0.1, 0.15) is 0 Å². The van der Waals surface area contributed by atoms with Crippen molar-refractivity contribution in [2.24, 2.45) is 0 Å². The summed E-state index contributed by atoms with van der Waals surface area (Å²) < 4.78 is 0. The first-order chi connectivity index (χ1) is 4.41. The topological polar surface area (TPSA) is 0 Å². The molecule has 0 N–H and O–H groups in total. The maximum Gasteiger partial charge on any atom is 0.0400 e. The largest absolute Gasteiger partial charge is 0.168 e. The van der Waals surface area contributed by atoms with Crippen LogP contribution in [-0.2, 0) is 0 Å². The van der Waals surface area contributed by atoms with Gasteiger partial charge in [0.2, 0.25) is 0 Å². The minimum atomic E-state index is 0.951. The molecule has 0 spiro atoms. The highest BCUT2D eigenvalue weighted by atomic mass is 32.2. The SMILES string of the molecule is CSCCSCSCS. The van der Waals surface area contributed by atoms with E-state index in [2.05, 4.69) is 18.9 Å². The van der Waals surface area contributed by atoms with Crippen LogP contribution < -0.4 is 0 Å². The predicted molar refractivity (Wildman–Crippen MR) is 57.2 cm³/mol. The molecular weight excluding hydrogens is 188 g/mol. The third-order valence-electron chi connectivity index (χ3n) is 0.690. The van der Waals surface area contributed by atoms with Crippen LogP contribution in [0.15, 0.2) is 0 Å². The second-order valence-electron chi connectivity index (χ2n) is 1.35. The molecule has 4 heteroatoms. The van der Waals surface area contributed by atoms with Crippen molar-refractivity contribution in [1.29, 1.82) is 0 Å². The molecule has 0 heterocycles. The Hall–Kier alpha value is 1.40. The van der Waals surface area contributed by atoms with Gasteiger partial charge in [0.1, 0.15) is 0 Å². The molecule has 0 aliphatic rings. The fraction of sp³-hybridized carbons (Fsp3) is 1.00. The molecule has 0 aliphatic carbocycles. The summed E-state index contributed by atoms with van der Waals surface area (Å²) in [4.78, 5) is 0. The summed E-state index contributed by atoms with van der Waals surface area (Å²) in [5.74, 6) is 2.56. The Balaban J connectivity index is 2.60. The number of rotatable bonds is 6. The molecule has 0 amide bonds. The van der Waals surface area contributed by atoms with Gasteiger partial charge in [-0.15, -0.1) is 11.8 Å². The zero-order valence-electron chi connectivity index (χ0n) is 5.50.